The lowest BCUT2D eigenvalue weighted by Gasteiger charge is -2.03. The van der Waals surface area contributed by atoms with E-state index in [-0.39, 0.29) is 22.2 Å². The number of anilines is 2. The molecule has 3 aromatic rings. The highest BCUT2D eigenvalue weighted by molar-refractivity contribution is 8.01. The van der Waals surface area contributed by atoms with Gasteiger partial charge in [-0.3, -0.25) is 20.2 Å². The standard InChI is InChI=1S/C15H12Cl2N6O2S4/c1-2-26-14-22-20-12(28-14)18-10(24)6-27-15-23-21-13(29-15)19-11(25)8-5-7(16)3-4-9(8)17/h3-5H,2,6H2,1H3,(H,18,20,24)(H,19,21,25). The molecule has 0 saturated carbocycles. The number of hydrogen-bond donors (Lipinski definition) is 2. The number of rotatable bonds is 8. The molecule has 2 N–H and O–H groups in total. The van der Waals surface area contributed by atoms with Crippen molar-refractivity contribution in [2.45, 2.75) is 15.6 Å². The molecule has 2 aromatic heterocycles. The summed E-state index contributed by atoms with van der Waals surface area (Å²) in [5.41, 5.74) is 0.237. The van der Waals surface area contributed by atoms with E-state index in [9.17, 15) is 9.59 Å². The number of nitrogens with one attached hydrogen (secondary N) is 2. The molecule has 0 aliphatic heterocycles. The molecular formula is C15H12Cl2N6O2S4. The molecule has 8 nitrogen and oxygen atoms in total. The third-order valence-electron chi connectivity index (χ3n) is 3.05. The molecule has 0 atom stereocenters. The maximum atomic E-state index is 12.3. The fraction of sp³-hybridized carbons (Fsp3) is 0.200. The van der Waals surface area contributed by atoms with Crippen molar-refractivity contribution in [3.8, 4) is 0 Å². The zero-order valence-corrected chi connectivity index (χ0v) is 19.4. The van der Waals surface area contributed by atoms with Gasteiger partial charge in [0.05, 0.1) is 16.3 Å². The molecule has 0 saturated heterocycles. The van der Waals surface area contributed by atoms with Gasteiger partial charge in [-0.05, 0) is 24.0 Å². The van der Waals surface area contributed by atoms with Gasteiger partial charge in [0.25, 0.3) is 5.91 Å². The number of benzene rings is 1. The number of nitrogens with zero attached hydrogens (tertiary/aromatic N) is 4. The largest absolute Gasteiger partial charge is 0.300 e. The number of halogens is 2. The minimum atomic E-state index is -0.444. The first-order valence-electron chi connectivity index (χ1n) is 7.93. The van der Waals surface area contributed by atoms with Crippen molar-refractivity contribution < 1.29 is 9.59 Å². The third-order valence-corrected chi connectivity index (χ3v) is 7.44. The van der Waals surface area contributed by atoms with Gasteiger partial charge in [0.1, 0.15) is 0 Å². The van der Waals surface area contributed by atoms with Crippen LogP contribution in [-0.2, 0) is 4.79 Å². The van der Waals surface area contributed by atoms with Crippen molar-refractivity contribution in [2.75, 3.05) is 22.1 Å². The SMILES string of the molecule is CCSc1nnc(NC(=O)CSc2nnc(NC(=O)c3cc(Cl)ccc3Cl)s2)s1. The Labute approximate surface area is 192 Å². The summed E-state index contributed by atoms with van der Waals surface area (Å²) in [5.74, 6) is 0.335. The molecule has 0 radical (unpaired) electrons. The lowest BCUT2D eigenvalue weighted by Crippen LogP contribution is -2.13. The molecule has 0 unspecified atom stereocenters. The molecule has 2 amide bonds. The average molecular weight is 507 g/mol. The van der Waals surface area contributed by atoms with Crippen LogP contribution in [0, 0.1) is 0 Å². The van der Waals surface area contributed by atoms with Gasteiger partial charge < -0.3 is 0 Å². The van der Waals surface area contributed by atoms with Gasteiger partial charge in [0.2, 0.25) is 16.2 Å². The summed E-state index contributed by atoms with van der Waals surface area (Å²) in [7, 11) is 0. The summed E-state index contributed by atoms with van der Waals surface area (Å²) in [6, 6.07) is 4.61. The molecule has 0 aliphatic carbocycles. The van der Waals surface area contributed by atoms with E-state index in [0.29, 0.717) is 19.6 Å². The van der Waals surface area contributed by atoms with Crippen LogP contribution in [0.2, 0.25) is 10.0 Å². The van der Waals surface area contributed by atoms with Crippen molar-refractivity contribution in [1.29, 1.82) is 0 Å². The van der Waals surface area contributed by atoms with E-state index < -0.39 is 5.91 Å². The van der Waals surface area contributed by atoms with Crippen molar-refractivity contribution in [3.05, 3.63) is 33.8 Å². The number of amides is 2. The summed E-state index contributed by atoms with van der Waals surface area (Å²) in [6.07, 6.45) is 0. The lowest BCUT2D eigenvalue weighted by molar-refractivity contribution is -0.113. The van der Waals surface area contributed by atoms with Crippen molar-refractivity contribution in [2.24, 2.45) is 0 Å². The molecule has 1 aromatic carbocycles. The highest BCUT2D eigenvalue weighted by Crippen LogP contribution is 2.28. The Morgan fingerprint density at radius 1 is 1.00 bits per heavy atom. The minimum Gasteiger partial charge on any atom is -0.300 e. The predicted octanol–water partition coefficient (Wildman–Crippen LogP) is 4.79. The fourth-order valence-corrected chi connectivity index (χ4v) is 5.47. The molecule has 0 fully saturated rings. The molecule has 0 bridgehead atoms. The van der Waals surface area contributed by atoms with E-state index in [1.165, 1.54) is 29.2 Å². The van der Waals surface area contributed by atoms with Gasteiger partial charge in [-0.1, -0.05) is 76.3 Å². The first kappa shape index (κ1) is 22.2. The van der Waals surface area contributed by atoms with Crippen LogP contribution in [-0.4, -0.2) is 43.7 Å². The van der Waals surface area contributed by atoms with Crippen LogP contribution in [0.5, 0.6) is 0 Å². The van der Waals surface area contributed by atoms with Gasteiger partial charge >= 0.3 is 0 Å². The number of hydrogen-bond acceptors (Lipinski definition) is 10. The summed E-state index contributed by atoms with van der Waals surface area (Å²) in [6.45, 7) is 2.02. The maximum Gasteiger partial charge on any atom is 0.259 e. The van der Waals surface area contributed by atoms with E-state index >= 15 is 0 Å². The second kappa shape index (κ2) is 10.5. The van der Waals surface area contributed by atoms with Crippen LogP contribution in [0.25, 0.3) is 0 Å². The number of carbonyl (C=O) groups is 2. The quantitative estimate of drug-likeness (QED) is 0.331. The smallest absolute Gasteiger partial charge is 0.259 e. The van der Waals surface area contributed by atoms with Gasteiger partial charge in [0.15, 0.2) is 8.68 Å². The maximum absolute atomic E-state index is 12.3. The Balaban J connectivity index is 1.51. The second-order valence-electron chi connectivity index (χ2n) is 5.09. The number of thioether (sulfide) groups is 2. The zero-order chi connectivity index (χ0) is 20.8. The fourth-order valence-electron chi connectivity index (χ4n) is 1.88. The minimum absolute atomic E-state index is 0.124. The second-order valence-corrected chi connectivity index (χ2v) is 10.6. The molecule has 3 rings (SSSR count). The van der Waals surface area contributed by atoms with Crippen LogP contribution in [0.15, 0.2) is 26.9 Å². The highest BCUT2D eigenvalue weighted by Gasteiger charge is 2.15. The molecule has 0 spiro atoms. The van der Waals surface area contributed by atoms with Crippen LogP contribution in [0.3, 0.4) is 0 Å². The molecule has 0 aliphatic rings. The first-order valence-corrected chi connectivity index (χ1v) is 12.3. The van der Waals surface area contributed by atoms with Crippen LogP contribution < -0.4 is 10.6 Å². The Morgan fingerprint density at radius 3 is 2.34 bits per heavy atom. The van der Waals surface area contributed by atoms with Crippen LogP contribution in [0.4, 0.5) is 10.3 Å². The Hall–Kier alpha value is -1.44. The van der Waals surface area contributed by atoms with Gasteiger partial charge in [-0.2, -0.15) is 0 Å². The molecular weight excluding hydrogens is 495 g/mol. The Kier molecular flexibility index (Phi) is 8.09. The molecule has 14 heteroatoms. The van der Waals surface area contributed by atoms with Gasteiger partial charge in [-0.15, -0.1) is 20.4 Å². The van der Waals surface area contributed by atoms with Gasteiger partial charge in [-0.25, -0.2) is 0 Å². The number of carbonyl (C=O) groups excluding carboxylic acids is 2. The topological polar surface area (TPSA) is 110 Å². The van der Waals surface area contributed by atoms with E-state index in [0.717, 1.165) is 21.4 Å². The zero-order valence-electron chi connectivity index (χ0n) is 14.6. The summed E-state index contributed by atoms with van der Waals surface area (Å²) in [5, 5.41) is 22.5. The van der Waals surface area contributed by atoms with Crippen molar-refractivity contribution in [1.82, 2.24) is 20.4 Å². The van der Waals surface area contributed by atoms with E-state index in [1.54, 1.807) is 23.9 Å². The molecule has 152 valence electrons. The molecule has 29 heavy (non-hydrogen) atoms. The van der Waals surface area contributed by atoms with E-state index in [4.69, 9.17) is 23.2 Å². The summed E-state index contributed by atoms with van der Waals surface area (Å²) < 4.78 is 1.34. The van der Waals surface area contributed by atoms with Crippen LogP contribution in [0.1, 0.15) is 17.3 Å². The third kappa shape index (κ3) is 6.52. The summed E-state index contributed by atoms with van der Waals surface area (Å²) >= 11 is 17.2. The van der Waals surface area contributed by atoms with Crippen molar-refractivity contribution in [3.63, 3.8) is 0 Å². The highest BCUT2D eigenvalue weighted by atomic mass is 35.5. The lowest BCUT2D eigenvalue weighted by atomic mass is 10.2. The Morgan fingerprint density at radius 2 is 1.66 bits per heavy atom. The average Bonchev–Trinajstić information content (AvgIpc) is 3.31. The summed E-state index contributed by atoms with van der Waals surface area (Å²) in [4.78, 5) is 24.4. The molecule has 2 heterocycles. The normalized spacial score (nSPS) is 10.7. The van der Waals surface area contributed by atoms with Crippen LogP contribution >= 0.6 is 69.4 Å². The predicted molar refractivity (Wildman–Crippen MR) is 120 cm³/mol. The van der Waals surface area contributed by atoms with Crippen molar-refractivity contribution >= 4 is 91.5 Å². The first-order chi connectivity index (χ1) is 13.9. The van der Waals surface area contributed by atoms with Gasteiger partial charge in [0, 0.05) is 5.02 Å². The number of aromatic nitrogens is 4. The Bertz CT molecular complexity index is 1030. The van der Waals surface area contributed by atoms with E-state index in [1.807, 2.05) is 6.92 Å². The van der Waals surface area contributed by atoms with E-state index in [2.05, 4.69) is 31.0 Å². The monoisotopic (exact) mass is 506 g/mol.